The zero-order chi connectivity index (χ0) is 22.7. The van der Waals surface area contributed by atoms with Gasteiger partial charge in [0.15, 0.2) is 0 Å². The Bertz CT molecular complexity index is 926. The van der Waals surface area contributed by atoms with Gasteiger partial charge in [0.1, 0.15) is 5.54 Å². The normalized spacial score (nSPS) is 16.8. The van der Waals surface area contributed by atoms with Crippen LogP contribution in [0.15, 0.2) is 53.8 Å². The number of nitrogens with two attached hydrogens (primary N) is 1. The van der Waals surface area contributed by atoms with Crippen LogP contribution in [-0.2, 0) is 5.54 Å². The number of unbranched alkanes of at least 4 members (excludes halogenated alkanes) is 9. The maximum atomic E-state index is 10.7. The topological polar surface area (TPSA) is 91.8 Å². The number of nitrogens with zero attached hydrogens (tertiary/aromatic N) is 3. The highest BCUT2D eigenvalue weighted by molar-refractivity contribution is 5.70. The van der Waals surface area contributed by atoms with Crippen LogP contribution < -0.4 is 16.3 Å². The zero-order valence-electron chi connectivity index (χ0n) is 19.0. The molecule has 2 amide bonds. The van der Waals surface area contributed by atoms with Crippen LogP contribution in [0, 0.1) is 0 Å². The van der Waals surface area contributed by atoms with Crippen molar-refractivity contribution in [1.82, 2.24) is 10.0 Å². The number of rotatable bonds is 14. The van der Waals surface area contributed by atoms with Crippen LogP contribution in [0.2, 0.25) is 0 Å². The number of pyridine rings is 1. The molecule has 1 aromatic carbocycles. The van der Waals surface area contributed by atoms with Crippen molar-refractivity contribution < 1.29 is 10.0 Å². The Morgan fingerprint density at radius 2 is 1.56 bits per heavy atom. The number of para-hydroxylation sites is 1. The largest absolute Gasteiger partial charge is 0.350 e. The summed E-state index contributed by atoms with van der Waals surface area (Å²) in [6.45, 7) is 0.324. The second-order valence-electron chi connectivity index (χ2n) is 8.73. The summed E-state index contributed by atoms with van der Waals surface area (Å²) in [5.74, 6) is 0. The molecule has 1 aliphatic rings. The molecule has 0 aliphatic carbocycles. The van der Waals surface area contributed by atoms with Crippen molar-refractivity contribution in [1.29, 1.82) is 0 Å². The maximum absolute atomic E-state index is 10.7. The van der Waals surface area contributed by atoms with Crippen LogP contribution in [0.5, 0.6) is 0 Å². The summed E-state index contributed by atoms with van der Waals surface area (Å²) in [6, 6.07) is 11.7. The summed E-state index contributed by atoms with van der Waals surface area (Å²) in [6.07, 6.45) is 18.7. The molecule has 0 saturated carbocycles. The molecule has 1 atom stereocenters. The molecule has 0 fully saturated rings. The van der Waals surface area contributed by atoms with Crippen LogP contribution >= 0.6 is 0 Å². The highest BCUT2D eigenvalue weighted by atomic mass is 16.5. The molecule has 2 heterocycles. The Hall–Kier alpha value is -2.73. The van der Waals surface area contributed by atoms with Crippen molar-refractivity contribution >= 4 is 12.1 Å². The molecular formula is C26H36N4O2. The molecule has 1 aromatic heterocycles. The quantitative estimate of drug-likeness (QED) is 0.260. The third-order valence-corrected chi connectivity index (χ3v) is 6.24. The number of benzene rings is 1. The third kappa shape index (κ3) is 6.89. The summed E-state index contributed by atoms with van der Waals surface area (Å²) >= 11 is 0. The van der Waals surface area contributed by atoms with E-state index in [1.165, 1.54) is 49.3 Å². The van der Waals surface area contributed by atoms with Gasteiger partial charge >= 0.3 is 6.03 Å². The van der Waals surface area contributed by atoms with Crippen LogP contribution in [0.3, 0.4) is 0 Å². The fraction of sp³-hybridized carbons (Fsp3) is 0.500. The van der Waals surface area contributed by atoms with Gasteiger partial charge < -0.3 is 5.73 Å². The lowest BCUT2D eigenvalue weighted by Gasteiger charge is -2.24. The van der Waals surface area contributed by atoms with Gasteiger partial charge in [0.2, 0.25) is 0 Å². The number of hydrogen-bond donors (Lipinski definition) is 2. The Labute approximate surface area is 190 Å². The third-order valence-electron chi connectivity index (χ3n) is 6.24. The van der Waals surface area contributed by atoms with Gasteiger partial charge in [-0.1, -0.05) is 82.1 Å². The van der Waals surface area contributed by atoms with Crippen molar-refractivity contribution in [2.24, 2.45) is 10.7 Å². The number of fused-ring (bicyclic) bond motifs is 1. The summed E-state index contributed by atoms with van der Waals surface area (Å²) in [5, 5.41) is 12.1. The van der Waals surface area contributed by atoms with Gasteiger partial charge in [0, 0.05) is 18.0 Å². The van der Waals surface area contributed by atoms with Crippen molar-refractivity contribution in [3.63, 3.8) is 0 Å². The smallest absolute Gasteiger partial charge is 0.338 e. The van der Waals surface area contributed by atoms with Crippen molar-refractivity contribution in [2.45, 2.75) is 76.2 Å². The van der Waals surface area contributed by atoms with Crippen LogP contribution in [-0.4, -0.2) is 27.8 Å². The molecule has 2 aromatic rings. The van der Waals surface area contributed by atoms with Gasteiger partial charge in [-0.05, 0) is 36.3 Å². The SMILES string of the molecule is NC(=O)N(O)CCCCCCCCCCCCC1(c2cccnc2)C=c2ccccc2=N1. The number of primary amides is 1. The van der Waals surface area contributed by atoms with Crippen molar-refractivity contribution in [3.05, 3.63) is 64.9 Å². The number of hydroxylamine groups is 2. The Kier molecular flexibility index (Phi) is 9.23. The number of aromatic nitrogens is 1. The van der Waals surface area contributed by atoms with Crippen LogP contribution in [0.4, 0.5) is 4.79 Å². The number of urea groups is 1. The van der Waals surface area contributed by atoms with E-state index < -0.39 is 6.03 Å². The molecule has 6 heteroatoms. The molecule has 6 nitrogen and oxygen atoms in total. The zero-order valence-corrected chi connectivity index (χ0v) is 19.0. The van der Waals surface area contributed by atoms with Crippen LogP contribution in [0.1, 0.15) is 76.2 Å². The van der Waals surface area contributed by atoms with E-state index in [9.17, 15) is 10.0 Å². The number of amides is 2. The lowest BCUT2D eigenvalue weighted by Crippen LogP contribution is -2.33. The lowest BCUT2D eigenvalue weighted by atomic mass is 9.86. The summed E-state index contributed by atoms with van der Waals surface area (Å²) in [5.41, 5.74) is 5.88. The average molecular weight is 437 g/mol. The van der Waals surface area contributed by atoms with Gasteiger partial charge in [-0.25, -0.2) is 9.86 Å². The van der Waals surface area contributed by atoms with E-state index in [-0.39, 0.29) is 5.54 Å². The Morgan fingerprint density at radius 3 is 2.19 bits per heavy atom. The van der Waals surface area contributed by atoms with Crippen molar-refractivity contribution in [2.75, 3.05) is 6.54 Å². The Morgan fingerprint density at radius 1 is 0.906 bits per heavy atom. The monoisotopic (exact) mass is 436 g/mol. The second kappa shape index (κ2) is 12.3. The Balaban J connectivity index is 1.32. The van der Waals surface area contributed by atoms with E-state index in [4.69, 9.17) is 10.7 Å². The highest BCUT2D eigenvalue weighted by Gasteiger charge is 2.31. The number of hydrogen-bond acceptors (Lipinski definition) is 4. The second-order valence-corrected chi connectivity index (χ2v) is 8.73. The minimum Gasteiger partial charge on any atom is -0.350 e. The van der Waals surface area contributed by atoms with Gasteiger partial charge in [-0.15, -0.1) is 0 Å². The summed E-state index contributed by atoms with van der Waals surface area (Å²) in [4.78, 5) is 20.2. The predicted molar refractivity (Wildman–Crippen MR) is 126 cm³/mol. The van der Waals surface area contributed by atoms with E-state index in [2.05, 4.69) is 41.4 Å². The molecular weight excluding hydrogens is 400 g/mol. The van der Waals surface area contributed by atoms with Crippen molar-refractivity contribution in [3.8, 4) is 0 Å². The van der Waals surface area contributed by atoms with E-state index in [0.717, 1.165) is 37.5 Å². The fourth-order valence-corrected chi connectivity index (χ4v) is 4.44. The predicted octanol–water partition coefficient (Wildman–Crippen LogP) is 4.45. The first-order chi connectivity index (χ1) is 15.6. The summed E-state index contributed by atoms with van der Waals surface area (Å²) < 4.78 is 0. The maximum Gasteiger partial charge on any atom is 0.338 e. The van der Waals surface area contributed by atoms with Crippen LogP contribution in [0.25, 0.3) is 6.08 Å². The molecule has 0 radical (unpaired) electrons. The molecule has 1 unspecified atom stereocenters. The molecule has 0 saturated heterocycles. The lowest BCUT2D eigenvalue weighted by molar-refractivity contribution is -0.0403. The minimum absolute atomic E-state index is 0.281. The van der Waals surface area contributed by atoms with Gasteiger partial charge in [-0.3, -0.25) is 15.2 Å². The molecule has 0 spiro atoms. The first kappa shape index (κ1) is 23.9. The molecule has 32 heavy (non-hydrogen) atoms. The fourth-order valence-electron chi connectivity index (χ4n) is 4.44. The van der Waals surface area contributed by atoms with Gasteiger partial charge in [-0.2, -0.15) is 0 Å². The minimum atomic E-state index is -0.777. The van der Waals surface area contributed by atoms with E-state index in [1.54, 1.807) is 0 Å². The number of carbonyl (C=O) groups is 1. The molecule has 1 aliphatic heterocycles. The highest BCUT2D eigenvalue weighted by Crippen LogP contribution is 2.34. The van der Waals surface area contributed by atoms with E-state index in [0.29, 0.717) is 11.6 Å². The summed E-state index contributed by atoms with van der Waals surface area (Å²) in [7, 11) is 0. The molecule has 3 rings (SSSR count). The van der Waals surface area contributed by atoms with Gasteiger partial charge in [0.25, 0.3) is 0 Å². The van der Waals surface area contributed by atoms with E-state index >= 15 is 0 Å². The number of carbonyl (C=O) groups excluding carboxylic acids is 1. The molecule has 172 valence electrons. The average Bonchev–Trinajstić information content (AvgIpc) is 3.20. The van der Waals surface area contributed by atoms with E-state index in [1.807, 2.05) is 18.5 Å². The molecule has 0 bridgehead atoms. The first-order valence-corrected chi connectivity index (χ1v) is 11.9. The molecule has 3 N–H and O–H groups in total. The standard InChI is InChI=1S/C26H36N4O2/c27-25(31)30(32)19-12-8-6-4-2-1-3-5-7-11-17-26(23-15-13-18-28-21-23)20-22-14-9-10-16-24(22)29-26/h9-10,13-16,18,20-21,32H,1-8,11-12,17,19H2,(H2,27,31). The first-order valence-electron chi connectivity index (χ1n) is 11.9. The van der Waals surface area contributed by atoms with Gasteiger partial charge in [0.05, 0.1) is 11.9 Å².